The Morgan fingerprint density at radius 2 is 1.86 bits per heavy atom. The first kappa shape index (κ1) is 22.8. The number of rotatable bonds is 6. The van der Waals surface area contributed by atoms with Crippen molar-refractivity contribution in [2.45, 2.75) is 13.2 Å². The van der Waals surface area contributed by atoms with Gasteiger partial charge in [-0.25, -0.2) is 19.7 Å². The second kappa shape index (κ2) is 10.5. The molecule has 0 aliphatic carbocycles. The zero-order valence-electron chi connectivity index (χ0n) is 19.0. The summed E-state index contributed by atoms with van der Waals surface area (Å²) in [5.74, 6) is 1.33. The minimum atomic E-state index is -0.322. The lowest BCUT2D eigenvalue weighted by molar-refractivity contribution is 0.0941. The lowest BCUT2D eigenvalue weighted by Gasteiger charge is -2.35. The van der Waals surface area contributed by atoms with Gasteiger partial charge in [0.2, 0.25) is 5.95 Å². The van der Waals surface area contributed by atoms with Gasteiger partial charge in [0.15, 0.2) is 0 Å². The molecule has 1 aliphatic rings. The smallest absolute Gasteiger partial charge is 0.410 e. The monoisotopic (exact) mass is 489 g/mol. The van der Waals surface area contributed by atoms with E-state index >= 15 is 0 Å². The normalized spacial score (nSPS) is 13.6. The highest BCUT2D eigenvalue weighted by Gasteiger charge is 2.24. The van der Waals surface area contributed by atoms with Gasteiger partial charge in [0.1, 0.15) is 12.4 Å². The van der Waals surface area contributed by atoms with E-state index in [4.69, 9.17) is 16.3 Å². The van der Waals surface area contributed by atoms with Crippen LogP contribution in [0.2, 0.25) is 5.02 Å². The Bertz CT molecular complexity index is 1310. The summed E-state index contributed by atoms with van der Waals surface area (Å²) in [6.45, 7) is 3.11. The Morgan fingerprint density at radius 3 is 2.66 bits per heavy atom. The van der Waals surface area contributed by atoms with Crippen molar-refractivity contribution in [3.63, 3.8) is 0 Å². The highest BCUT2D eigenvalue weighted by Crippen LogP contribution is 2.25. The Labute approximate surface area is 207 Å². The third-order valence-electron chi connectivity index (χ3n) is 5.81. The van der Waals surface area contributed by atoms with Gasteiger partial charge in [0.05, 0.1) is 10.9 Å². The molecule has 0 radical (unpaired) electrons. The largest absolute Gasteiger partial charge is 0.444 e. The number of pyridine rings is 2. The molecule has 1 aliphatic heterocycles. The number of anilines is 2. The summed E-state index contributed by atoms with van der Waals surface area (Å²) in [6.07, 6.45) is 6.59. The van der Waals surface area contributed by atoms with E-state index in [1.165, 1.54) is 0 Å². The van der Waals surface area contributed by atoms with E-state index in [9.17, 15) is 4.79 Å². The van der Waals surface area contributed by atoms with Crippen LogP contribution >= 0.6 is 11.6 Å². The first-order valence-electron chi connectivity index (χ1n) is 11.3. The molecule has 0 saturated carbocycles. The van der Waals surface area contributed by atoms with Crippen molar-refractivity contribution in [1.82, 2.24) is 24.8 Å². The van der Waals surface area contributed by atoms with Gasteiger partial charge in [-0.15, -0.1) is 0 Å². The molecule has 1 amide bonds. The fourth-order valence-corrected chi connectivity index (χ4v) is 4.12. The van der Waals surface area contributed by atoms with Crippen LogP contribution in [0, 0.1) is 0 Å². The number of amides is 1. The van der Waals surface area contributed by atoms with E-state index in [0.717, 1.165) is 27.8 Å². The molecule has 4 heterocycles. The number of ether oxygens (including phenoxy) is 1. The fraction of sp³-hybridized carbons (Fsp3) is 0.240. The molecule has 10 heteroatoms. The van der Waals surface area contributed by atoms with Gasteiger partial charge in [-0.1, -0.05) is 35.9 Å². The Morgan fingerprint density at radius 1 is 1.00 bits per heavy atom. The molecule has 5 rings (SSSR count). The molecule has 3 aromatic heterocycles. The van der Waals surface area contributed by atoms with Crippen LogP contribution < -0.4 is 10.2 Å². The van der Waals surface area contributed by atoms with E-state index in [0.29, 0.717) is 43.7 Å². The molecule has 35 heavy (non-hydrogen) atoms. The zero-order chi connectivity index (χ0) is 24.0. The minimum absolute atomic E-state index is 0.210. The maximum atomic E-state index is 12.5. The van der Waals surface area contributed by atoms with Crippen molar-refractivity contribution >= 4 is 40.4 Å². The van der Waals surface area contributed by atoms with Gasteiger partial charge < -0.3 is 19.9 Å². The SMILES string of the molecule is O=C(OCc1cccnc1)N1CCN(c2nccc3nc(NCc4ccccc4Cl)ncc23)CC1. The molecule has 0 unspecified atom stereocenters. The number of hydrogen-bond acceptors (Lipinski definition) is 8. The third-order valence-corrected chi connectivity index (χ3v) is 6.17. The van der Waals surface area contributed by atoms with Crippen LogP contribution in [-0.2, 0) is 17.9 Å². The van der Waals surface area contributed by atoms with Crippen LogP contribution in [-0.4, -0.2) is 57.1 Å². The predicted molar refractivity (Wildman–Crippen MR) is 134 cm³/mol. The fourth-order valence-electron chi connectivity index (χ4n) is 3.92. The number of hydrogen-bond donors (Lipinski definition) is 1. The van der Waals surface area contributed by atoms with Crippen molar-refractivity contribution in [2.75, 3.05) is 36.4 Å². The Kier molecular flexibility index (Phi) is 6.85. The van der Waals surface area contributed by atoms with Crippen LogP contribution in [0.1, 0.15) is 11.1 Å². The van der Waals surface area contributed by atoms with Gasteiger partial charge >= 0.3 is 6.09 Å². The summed E-state index contributed by atoms with van der Waals surface area (Å²) in [4.78, 5) is 34.1. The maximum absolute atomic E-state index is 12.5. The average molecular weight is 490 g/mol. The standard InChI is InChI=1S/C25H24ClN7O2/c26-21-6-2-1-5-19(21)15-29-24-30-16-20-22(31-24)7-9-28-23(20)32-10-12-33(13-11-32)25(34)35-17-18-4-3-8-27-14-18/h1-9,14,16H,10-13,15,17H2,(H,29,30,31). The molecule has 9 nitrogen and oxygen atoms in total. The van der Waals surface area contributed by atoms with Gasteiger partial charge in [0.25, 0.3) is 0 Å². The number of fused-ring (bicyclic) bond motifs is 1. The second-order valence-electron chi connectivity index (χ2n) is 8.10. The summed E-state index contributed by atoms with van der Waals surface area (Å²) < 4.78 is 5.43. The Balaban J connectivity index is 1.21. The second-order valence-corrected chi connectivity index (χ2v) is 8.50. The van der Waals surface area contributed by atoms with E-state index in [-0.39, 0.29) is 12.7 Å². The number of carbonyl (C=O) groups is 1. The van der Waals surface area contributed by atoms with Crippen molar-refractivity contribution < 1.29 is 9.53 Å². The highest BCUT2D eigenvalue weighted by atomic mass is 35.5. The third kappa shape index (κ3) is 5.41. The van der Waals surface area contributed by atoms with E-state index in [1.807, 2.05) is 42.5 Å². The van der Waals surface area contributed by atoms with Crippen molar-refractivity contribution in [1.29, 1.82) is 0 Å². The van der Waals surface area contributed by atoms with E-state index in [1.54, 1.807) is 29.7 Å². The molecular formula is C25H24ClN7O2. The zero-order valence-corrected chi connectivity index (χ0v) is 19.7. The topological polar surface area (TPSA) is 96.4 Å². The molecule has 0 atom stereocenters. The molecule has 0 spiro atoms. The summed E-state index contributed by atoms with van der Waals surface area (Å²) in [7, 11) is 0. The first-order chi connectivity index (χ1) is 17.2. The summed E-state index contributed by atoms with van der Waals surface area (Å²) in [6, 6.07) is 13.2. The predicted octanol–water partition coefficient (Wildman–Crippen LogP) is 4.14. The first-order valence-corrected chi connectivity index (χ1v) is 11.7. The maximum Gasteiger partial charge on any atom is 0.410 e. The summed E-state index contributed by atoms with van der Waals surface area (Å²) >= 11 is 6.24. The molecule has 1 fully saturated rings. The van der Waals surface area contributed by atoms with Crippen LogP contribution in [0.3, 0.4) is 0 Å². The van der Waals surface area contributed by atoms with Crippen LogP contribution in [0.4, 0.5) is 16.6 Å². The highest BCUT2D eigenvalue weighted by molar-refractivity contribution is 6.31. The molecule has 0 bridgehead atoms. The quantitative estimate of drug-likeness (QED) is 0.431. The number of carbonyl (C=O) groups excluding carboxylic acids is 1. The van der Waals surface area contributed by atoms with Gasteiger partial charge in [-0.3, -0.25) is 4.98 Å². The van der Waals surface area contributed by atoms with E-state index < -0.39 is 0 Å². The molecule has 178 valence electrons. The number of halogens is 1. The van der Waals surface area contributed by atoms with E-state index in [2.05, 4.69) is 30.2 Å². The van der Waals surface area contributed by atoms with Crippen LogP contribution in [0.25, 0.3) is 10.9 Å². The van der Waals surface area contributed by atoms with Gasteiger partial charge in [0, 0.05) is 68.1 Å². The Hall–Kier alpha value is -3.98. The van der Waals surface area contributed by atoms with Gasteiger partial charge in [-0.2, -0.15) is 0 Å². The molecule has 1 saturated heterocycles. The number of aromatic nitrogens is 4. The van der Waals surface area contributed by atoms with Crippen molar-refractivity contribution in [2.24, 2.45) is 0 Å². The number of nitrogens with zero attached hydrogens (tertiary/aromatic N) is 6. The van der Waals surface area contributed by atoms with Gasteiger partial charge in [-0.05, 0) is 23.8 Å². The molecule has 4 aromatic rings. The average Bonchev–Trinajstić information content (AvgIpc) is 2.91. The minimum Gasteiger partial charge on any atom is -0.444 e. The molecule has 1 aromatic carbocycles. The number of nitrogens with one attached hydrogen (secondary N) is 1. The van der Waals surface area contributed by atoms with Crippen molar-refractivity contribution in [3.8, 4) is 0 Å². The molecular weight excluding hydrogens is 466 g/mol. The lowest BCUT2D eigenvalue weighted by atomic mass is 10.2. The molecule has 1 N–H and O–H groups in total. The summed E-state index contributed by atoms with van der Waals surface area (Å²) in [5, 5.41) is 4.80. The lowest BCUT2D eigenvalue weighted by Crippen LogP contribution is -2.49. The number of benzene rings is 1. The van der Waals surface area contributed by atoms with Crippen molar-refractivity contribution in [3.05, 3.63) is 83.4 Å². The van der Waals surface area contributed by atoms with Crippen LogP contribution in [0.5, 0.6) is 0 Å². The number of piperazine rings is 1. The van der Waals surface area contributed by atoms with Crippen LogP contribution in [0.15, 0.2) is 67.3 Å². The summed E-state index contributed by atoms with van der Waals surface area (Å²) in [5.41, 5.74) is 2.63.